The molecule has 6 heteroatoms. The fraction of sp³-hybridized carbons (Fsp3) is 0.471. The first-order chi connectivity index (χ1) is 11.0. The molecule has 0 aromatic heterocycles. The average molecular weight is 315 g/mol. The number of rotatable bonds is 4. The van der Waals surface area contributed by atoms with Crippen molar-refractivity contribution in [3.05, 3.63) is 35.9 Å². The highest BCUT2D eigenvalue weighted by Crippen LogP contribution is 2.28. The number of carbonyl (C=O) groups excluding carboxylic acids is 3. The first kappa shape index (κ1) is 15.5. The molecule has 0 unspecified atom stereocenters. The summed E-state index contributed by atoms with van der Waals surface area (Å²) in [7, 11) is 0. The van der Waals surface area contributed by atoms with Gasteiger partial charge in [0.25, 0.3) is 5.91 Å². The smallest absolute Gasteiger partial charge is 0.325 e. The molecule has 3 rings (SSSR count). The summed E-state index contributed by atoms with van der Waals surface area (Å²) in [5, 5.41) is 5.60. The third kappa shape index (κ3) is 2.93. The molecular weight excluding hydrogens is 294 g/mol. The monoisotopic (exact) mass is 315 g/mol. The van der Waals surface area contributed by atoms with Gasteiger partial charge in [0.2, 0.25) is 5.91 Å². The van der Waals surface area contributed by atoms with E-state index >= 15 is 0 Å². The predicted octanol–water partition coefficient (Wildman–Crippen LogP) is 1.51. The van der Waals surface area contributed by atoms with E-state index in [1.807, 2.05) is 18.2 Å². The Morgan fingerprint density at radius 3 is 2.57 bits per heavy atom. The van der Waals surface area contributed by atoms with Gasteiger partial charge in [-0.2, -0.15) is 0 Å². The molecule has 1 saturated heterocycles. The Morgan fingerprint density at radius 2 is 1.91 bits per heavy atom. The van der Waals surface area contributed by atoms with Crippen LogP contribution >= 0.6 is 0 Å². The van der Waals surface area contributed by atoms with Crippen molar-refractivity contribution in [2.45, 2.75) is 44.2 Å². The van der Waals surface area contributed by atoms with E-state index in [0.717, 1.165) is 30.6 Å². The van der Waals surface area contributed by atoms with Crippen molar-refractivity contribution in [2.24, 2.45) is 0 Å². The lowest BCUT2D eigenvalue weighted by molar-refractivity contribution is -0.135. The van der Waals surface area contributed by atoms with Crippen LogP contribution in [0.1, 0.15) is 38.2 Å². The third-order valence-electron chi connectivity index (χ3n) is 4.65. The van der Waals surface area contributed by atoms with Gasteiger partial charge in [-0.1, -0.05) is 43.2 Å². The predicted molar refractivity (Wildman–Crippen MR) is 84.4 cm³/mol. The van der Waals surface area contributed by atoms with E-state index in [4.69, 9.17) is 0 Å². The highest BCUT2D eigenvalue weighted by Gasteiger charge is 2.49. The largest absolute Gasteiger partial charge is 0.352 e. The van der Waals surface area contributed by atoms with Crippen LogP contribution in [0.25, 0.3) is 0 Å². The van der Waals surface area contributed by atoms with Crippen LogP contribution in [0.2, 0.25) is 0 Å². The van der Waals surface area contributed by atoms with Crippen LogP contribution in [0.5, 0.6) is 0 Å². The molecule has 1 atom stereocenters. The normalized spacial score (nSPS) is 24.8. The van der Waals surface area contributed by atoms with Crippen molar-refractivity contribution in [1.29, 1.82) is 0 Å². The van der Waals surface area contributed by atoms with Gasteiger partial charge < -0.3 is 10.6 Å². The van der Waals surface area contributed by atoms with Gasteiger partial charge in [0, 0.05) is 6.04 Å². The maximum atomic E-state index is 12.7. The number of nitrogens with zero attached hydrogens (tertiary/aromatic N) is 1. The molecule has 2 fully saturated rings. The van der Waals surface area contributed by atoms with Gasteiger partial charge in [-0.3, -0.25) is 14.5 Å². The number of nitrogens with one attached hydrogen (secondary N) is 2. The Labute approximate surface area is 135 Å². The van der Waals surface area contributed by atoms with E-state index in [-0.39, 0.29) is 18.5 Å². The van der Waals surface area contributed by atoms with Crippen LogP contribution in [0.3, 0.4) is 0 Å². The van der Waals surface area contributed by atoms with Crippen LogP contribution in [0, 0.1) is 0 Å². The summed E-state index contributed by atoms with van der Waals surface area (Å²) in [6.45, 7) is 1.43. The number of carbonyl (C=O) groups is 3. The summed E-state index contributed by atoms with van der Waals surface area (Å²) in [5.41, 5.74) is -0.413. The summed E-state index contributed by atoms with van der Waals surface area (Å²) >= 11 is 0. The Bertz CT molecular complexity index is 625. The number of benzene rings is 1. The van der Waals surface area contributed by atoms with Gasteiger partial charge in [0.05, 0.1) is 0 Å². The quantitative estimate of drug-likeness (QED) is 0.827. The van der Waals surface area contributed by atoms with Crippen molar-refractivity contribution in [3.63, 3.8) is 0 Å². The molecule has 6 nitrogen and oxygen atoms in total. The zero-order valence-corrected chi connectivity index (χ0v) is 13.2. The number of hydrogen-bond donors (Lipinski definition) is 2. The average Bonchev–Trinajstić information content (AvgIpc) is 3.11. The molecule has 122 valence electrons. The SMILES string of the molecule is C[C@]1(c2ccccc2)NC(=O)N(CC(=O)NC2CCCC2)C1=O. The van der Waals surface area contributed by atoms with E-state index in [1.54, 1.807) is 19.1 Å². The van der Waals surface area contributed by atoms with Crippen LogP contribution in [-0.4, -0.2) is 35.3 Å². The molecular formula is C17H21N3O3. The minimum absolute atomic E-state index is 0.170. The lowest BCUT2D eigenvalue weighted by Crippen LogP contribution is -2.45. The maximum absolute atomic E-state index is 12.7. The van der Waals surface area contributed by atoms with Crippen molar-refractivity contribution >= 4 is 17.8 Å². The molecule has 1 saturated carbocycles. The van der Waals surface area contributed by atoms with Crippen LogP contribution in [-0.2, 0) is 15.1 Å². The zero-order chi connectivity index (χ0) is 16.4. The van der Waals surface area contributed by atoms with E-state index in [1.165, 1.54) is 0 Å². The lowest BCUT2D eigenvalue weighted by Gasteiger charge is -2.22. The summed E-state index contributed by atoms with van der Waals surface area (Å²) in [6.07, 6.45) is 4.15. The summed E-state index contributed by atoms with van der Waals surface area (Å²) in [6, 6.07) is 8.71. The molecule has 0 radical (unpaired) electrons. The fourth-order valence-corrected chi connectivity index (χ4v) is 3.29. The molecule has 1 aromatic rings. The van der Waals surface area contributed by atoms with E-state index in [9.17, 15) is 14.4 Å². The van der Waals surface area contributed by atoms with Crippen molar-refractivity contribution in [2.75, 3.05) is 6.54 Å². The summed E-state index contributed by atoms with van der Waals surface area (Å²) in [5.74, 6) is -0.673. The van der Waals surface area contributed by atoms with Crippen LogP contribution in [0.4, 0.5) is 4.79 Å². The molecule has 0 spiro atoms. The highest BCUT2D eigenvalue weighted by atomic mass is 16.2. The van der Waals surface area contributed by atoms with Gasteiger partial charge in [-0.15, -0.1) is 0 Å². The number of amides is 4. The minimum atomic E-state index is -1.12. The molecule has 1 aromatic carbocycles. The Hall–Kier alpha value is -2.37. The van der Waals surface area contributed by atoms with E-state index in [0.29, 0.717) is 5.56 Å². The van der Waals surface area contributed by atoms with Gasteiger partial charge in [-0.25, -0.2) is 4.79 Å². The van der Waals surface area contributed by atoms with Crippen molar-refractivity contribution < 1.29 is 14.4 Å². The molecule has 23 heavy (non-hydrogen) atoms. The molecule has 1 heterocycles. The molecule has 2 aliphatic rings. The van der Waals surface area contributed by atoms with Gasteiger partial charge >= 0.3 is 6.03 Å². The van der Waals surface area contributed by atoms with Crippen molar-refractivity contribution in [1.82, 2.24) is 15.5 Å². The van der Waals surface area contributed by atoms with Gasteiger partial charge in [0.15, 0.2) is 0 Å². The zero-order valence-electron chi connectivity index (χ0n) is 13.2. The first-order valence-corrected chi connectivity index (χ1v) is 8.00. The van der Waals surface area contributed by atoms with Gasteiger partial charge in [0.1, 0.15) is 12.1 Å². The number of imide groups is 1. The van der Waals surface area contributed by atoms with Gasteiger partial charge in [-0.05, 0) is 25.3 Å². The maximum Gasteiger partial charge on any atom is 0.325 e. The van der Waals surface area contributed by atoms with E-state index < -0.39 is 17.5 Å². The second-order valence-electron chi connectivity index (χ2n) is 6.36. The van der Waals surface area contributed by atoms with E-state index in [2.05, 4.69) is 10.6 Å². The molecule has 1 aliphatic heterocycles. The third-order valence-corrected chi connectivity index (χ3v) is 4.65. The van der Waals surface area contributed by atoms with Crippen molar-refractivity contribution in [3.8, 4) is 0 Å². The molecule has 2 N–H and O–H groups in total. The Morgan fingerprint density at radius 1 is 1.26 bits per heavy atom. The lowest BCUT2D eigenvalue weighted by atomic mass is 9.92. The first-order valence-electron chi connectivity index (χ1n) is 8.00. The number of urea groups is 1. The molecule has 0 bridgehead atoms. The fourth-order valence-electron chi connectivity index (χ4n) is 3.29. The second-order valence-corrected chi connectivity index (χ2v) is 6.36. The topological polar surface area (TPSA) is 78.5 Å². The Kier molecular flexibility index (Phi) is 4.07. The van der Waals surface area contributed by atoms with Crippen LogP contribution in [0.15, 0.2) is 30.3 Å². The second kappa shape index (κ2) is 6.02. The molecule has 1 aliphatic carbocycles. The standard InChI is InChI=1S/C17H21N3O3/c1-17(12-7-3-2-4-8-12)15(22)20(16(23)19-17)11-14(21)18-13-9-5-6-10-13/h2-4,7-8,13H,5-6,9-11H2,1H3,(H,18,21)(H,19,23)/t17-/m1/s1. The highest BCUT2D eigenvalue weighted by molar-refractivity contribution is 6.09. The minimum Gasteiger partial charge on any atom is -0.352 e. The Balaban J connectivity index is 1.70. The van der Waals surface area contributed by atoms with Crippen LogP contribution < -0.4 is 10.6 Å². The summed E-state index contributed by atoms with van der Waals surface area (Å²) in [4.78, 5) is 37.9. The summed E-state index contributed by atoms with van der Waals surface area (Å²) < 4.78 is 0. The number of hydrogen-bond acceptors (Lipinski definition) is 3. The molecule has 4 amide bonds.